The first kappa shape index (κ1) is 35.9. The number of Topliss-reactive ketones (excluding diaryl/α,β-unsaturated/α-hetero) is 1. The van der Waals surface area contributed by atoms with E-state index >= 15 is 0 Å². The lowest BCUT2D eigenvalue weighted by molar-refractivity contribution is -0.122. The quantitative estimate of drug-likeness (QED) is 0.107. The molecule has 13 heteroatoms. The van der Waals surface area contributed by atoms with Crippen molar-refractivity contribution in [3.8, 4) is 11.1 Å². The lowest BCUT2D eigenvalue weighted by atomic mass is 9.98. The van der Waals surface area contributed by atoms with E-state index in [1.54, 1.807) is 20.8 Å². The van der Waals surface area contributed by atoms with Crippen LogP contribution in [0.1, 0.15) is 57.1 Å². The molecule has 2 amide bonds. The van der Waals surface area contributed by atoms with Gasteiger partial charge in [-0.1, -0.05) is 54.6 Å². The fourth-order valence-corrected chi connectivity index (χ4v) is 5.79. The average Bonchev–Trinajstić information content (AvgIpc) is 3.32. The van der Waals surface area contributed by atoms with Crippen LogP contribution in [0.15, 0.2) is 61.2 Å². The number of aliphatic hydroxyl groups excluding tert-OH is 1. The third-order valence-corrected chi connectivity index (χ3v) is 8.05. The predicted molar refractivity (Wildman–Crippen MR) is 168 cm³/mol. The second kappa shape index (κ2) is 17.2. The van der Waals surface area contributed by atoms with Gasteiger partial charge in [-0.05, 0) is 55.9 Å². The Balaban J connectivity index is 1.62. The molecule has 3 N–H and O–H groups in total. The molecular weight excluding hydrogens is 603 g/mol. The summed E-state index contributed by atoms with van der Waals surface area (Å²) >= 11 is 0. The number of ketones is 1. The third-order valence-electron chi connectivity index (χ3n) is 6.63. The van der Waals surface area contributed by atoms with Crippen LogP contribution < -0.4 is 10.6 Å². The Morgan fingerprint density at radius 1 is 0.978 bits per heavy atom. The second-order valence-corrected chi connectivity index (χ2v) is 12.9. The molecule has 3 rings (SSSR count). The number of benzene rings is 2. The molecule has 1 aliphatic carbocycles. The summed E-state index contributed by atoms with van der Waals surface area (Å²) < 4.78 is 40.1. The Kier molecular flexibility index (Phi) is 13.8. The minimum Gasteiger partial charge on any atom is -0.449 e. The highest BCUT2D eigenvalue weighted by atomic mass is 31.2. The standard InChI is InChI=1S/C32H43N2O10P/c1-5-19-41-45(39,42-20-17-33-30(37)44-32(2,3)4)43-22-28(29(36)16-10-11-18-35)34-31(38)40-21-27-25-14-8-6-12-23(25)24-13-7-9-15-26(24)27/h5-9,12-15,27-28,35H,1,10-11,16-22H2,2-4H3,(H,33,37)(H,34,38). The van der Waals surface area contributed by atoms with E-state index in [2.05, 4.69) is 17.2 Å². The predicted octanol–water partition coefficient (Wildman–Crippen LogP) is 5.49. The number of unbranched alkanes of at least 4 members (excludes halogenated alkanes) is 1. The highest BCUT2D eigenvalue weighted by molar-refractivity contribution is 7.48. The minimum atomic E-state index is -4.26. The summed E-state index contributed by atoms with van der Waals surface area (Å²) in [6, 6.07) is 14.6. The number of aliphatic hydroxyl groups is 1. The van der Waals surface area contributed by atoms with Gasteiger partial charge in [0.1, 0.15) is 18.2 Å². The van der Waals surface area contributed by atoms with E-state index in [0.29, 0.717) is 12.8 Å². The van der Waals surface area contributed by atoms with Crippen LogP contribution in [-0.2, 0) is 32.4 Å². The van der Waals surface area contributed by atoms with Gasteiger partial charge in [-0.3, -0.25) is 18.4 Å². The van der Waals surface area contributed by atoms with Crippen molar-refractivity contribution in [2.45, 2.75) is 57.6 Å². The fourth-order valence-electron chi connectivity index (χ4n) is 4.63. The highest BCUT2D eigenvalue weighted by Gasteiger charge is 2.32. The van der Waals surface area contributed by atoms with Crippen molar-refractivity contribution in [3.05, 3.63) is 72.3 Å². The largest absolute Gasteiger partial charge is 0.475 e. The maximum Gasteiger partial charge on any atom is 0.475 e. The molecule has 0 spiro atoms. The Morgan fingerprint density at radius 2 is 1.62 bits per heavy atom. The number of phosphoric acid groups is 1. The molecule has 246 valence electrons. The van der Waals surface area contributed by atoms with Gasteiger partial charge in [-0.2, -0.15) is 0 Å². The van der Waals surface area contributed by atoms with Crippen molar-refractivity contribution in [1.29, 1.82) is 0 Å². The third kappa shape index (κ3) is 11.4. The maximum atomic E-state index is 13.3. The number of ether oxygens (including phenoxy) is 2. The summed E-state index contributed by atoms with van der Waals surface area (Å²) in [4.78, 5) is 37.9. The van der Waals surface area contributed by atoms with Gasteiger partial charge in [0.2, 0.25) is 0 Å². The molecule has 0 fully saturated rings. The maximum absolute atomic E-state index is 13.3. The van der Waals surface area contributed by atoms with Gasteiger partial charge < -0.3 is 25.2 Å². The molecule has 12 nitrogen and oxygen atoms in total. The summed E-state index contributed by atoms with van der Waals surface area (Å²) in [6.45, 7) is 7.54. The monoisotopic (exact) mass is 646 g/mol. The van der Waals surface area contributed by atoms with Gasteiger partial charge in [0.25, 0.3) is 0 Å². The number of carbonyl (C=O) groups excluding carboxylic acids is 3. The molecule has 0 bridgehead atoms. The van der Waals surface area contributed by atoms with Crippen LogP contribution in [0.3, 0.4) is 0 Å². The van der Waals surface area contributed by atoms with Crippen molar-refractivity contribution in [1.82, 2.24) is 10.6 Å². The number of carbonyl (C=O) groups is 3. The molecule has 2 atom stereocenters. The van der Waals surface area contributed by atoms with Gasteiger partial charge >= 0.3 is 20.0 Å². The summed E-state index contributed by atoms with van der Waals surface area (Å²) in [5.74, 6) is -0.605. The Bertz CT molecular complexity index is 1310. The number of alkyl carbamates (subject to hydrolysis) is 2. The molecule has 2 unspecified atom stereocenters. The number of phosphoric ester groups is 1. The number of nitrogens with one attached hydrogen (secondary N) is 2. The average molecular weight is 647 g/mol. The molecule has 0 aromatic heterocycles. The SMILES string of the molecule is C=CCOP(=O)(OCCNC(=O)OC(C)(C)C)OCC(NC(=O)OCC1c2ccccc2-c2ccccc21)C(=O)CCCCO. The van der Waals surface area contributed by atoms with Crippen LogP contribution in [0.5, 0.6) is 0 Å². The van der Waals surface area contributed by atoms with E-state index < -0.39 is 44.0 Å². The Hall–Kier alpha value is -3.54. The van der Waals surface area contributed by atoms with Crippen LogP contribution in [0.2, 0.25) is 0 Å². The number of rotatable bonds is 18. The van der Waals surface area contributed by atoms with Crippen molar-refractivity contribution in [3.63, 3.8) is 0 Å². The first-order valence-electron chi connectivity index (χ1n) is 14.8. The van der Waals surface area contributed by atoms with Crippen molar-refractivity contribution < 1.29 is 47.1 Å². The zero-order chi connectivity index (χ0) is 32.9. The summed E-state index contributed by atoms with van der Waals surface area (Å²) in [5.41, 5.74) is 3.51. The van der Waals surface area contributed by atoms with E-state index in [4.69, 9.17) is 28.2 Å². The molecule has 2 aromatic rings. The molecule has 45 heavy (non-hydrogen) atoms. The van der Waals surface area contributed by atoms with E-state index in [-0.39, 0.29) is 45.3 Å². The molecule has 0 aliphatic heterocycles. The van der Waals surface area contributed by atoms with Gasteiger partial charge in [-0.25, -0.2) is 14.2 Å². The van der Waals surface area contributed by atoms with E-state index in [1.165, 1.54) is 6.08 Å². The molecule has 0 saturated heterocycles. The zero-order valence-corrected chi connectivity index (χ0v) is 26.9. The summed E-state index contributed by atoms with van der Waals surface area (Å²) in [5, 5.41) is 14.1. The van der Waals surface area contributed by atoms with Crippen LogP contribution in [0.25, 0.3) is 11.1 Å². The van der Waals surface area contributed by atoms with E-state index in [9.17, 15) is 18.9 Å². The van der Waals surface area contributed by atoms with Crippen molar-refractivity contribution in [2.24, 2.45) is 0 Å². The van der Waals surface area contributed by atoms with Crippen LogP contribution >= 0.6 is 7.82 Å². The number of hydrogen-bond acceptors (Lipinski definition) is 10. The van der Waals surface area contributed by atoms with Crippen LogP contribution in [0, 0.1) is 0 Å². The summed E-state index contributed by atoms with van der Waals surface area (Å²) in [6.07, 6.45) is 0.579. The van der Waals surface area contributed by atoms with Crippen LogP contribution in [0.4, 0.5) is 9.59 Å². The van der Waals surface area contributed by atoms with E-state index in [1.807, 2.05) is 48.5 Å². The van der Waals surface area contributed by atoms with Gasteiger partial charge in [0, 0.05) is 25.5 Å². The van der Waals surface area contributed by atoms with Gasteiger partial charge in [0.15, 0.2) is 5.78 Å². The smallest absolute Gasteiger partial charge is 0.449 e. The molecular formula is C32H43N2O10P. The van der Waals surface area contributed by atoms with Gasteiger partial charge in [0.05, 0.1) is 19.8 Å². The summed E-state index contributed by atoms with van der Waals surface area (Å²) in [7, 11) is -4.26. The van der Waals surface area contributed by atoms with Crippen molar-refractivity contribution in [2.75, 3.05) is 39.6 Å². The molecule has 0 saturated carbocycles. The minimum absolute atomic E-state index is 0.0245. The lowest BCUT2D eigenvalue weighted by Crippen LogP contribution is -2.44. The zero-order valence-electron chi connectivity index (χ0n) is 26.0. The Labute approximate surface area is 264 Å². The molecule has 2 aromatic carbocycles. The molecule has 0 radical (unpaired) electrons. The molecule has 0 heterocycles. The second-order valence-electron chi connectivity index (χ2n) is 11.3. The highest BCUT2D eigenvalue weighted by Crippen LogP contribution is 2.49. The Morgan fingerprint density at radius 3 is 2.22 bits per heavy atom. The lowest BCUT2D eigenvalue weighted by Gasteiger charge is -2.23. The van der Waals surface area contributed by atoms with E-state index in [0.717, 1.165) is 22.3 Å². The molecule has 1 aliphatic rings. The topological polar surface area (TPSA) is 159 Å². The number of fused-ring (bicyclic) bond motifs is 3. The van der Waals surface area contributed by atoms with Gasteiger partial charge in [-0.15, -0.1) is 6.58 Å². The number of amides is 2. The first-order chi connectivity index (χ1) is 21.5. The van der Waals surface area contributed by atoms with Crippen LogP contribution in [-0.4, -0.2) is 74.3 Å². The first-order valence-corrected chi connectivity index (χ1v) is 16.3. The fraction of sp³-hybridized carbons (Fsp3) is 0.469. The van der Waals surface area contributed by atoms with Crippen molar-refractivity contribution >= 4 is 25.8 Å². The normalized spacial score (nSPS) is 14.4. The number of hydrogen-bond donors (Lipinski definition) is 3.